The number of likely N-dealkylation sites (tertiary alicyclic amines) is 1. The molecule has 0 aromatic carbocycles. The molecule has 2 aromatic rings. The fourth-order valence-electron chi connectivity index (χ4n) is 3.55. The average molecular weight is 529 g/mol. The molecule has 1 saturated heterocycles. The van der Waals surface area contributed by atoms with Crippen molar-refractivity contribution in [2.45, 2.75) is 38.4 Å². The highest BCUT2D eigenvalue weighted by Gasteiger charge is 2.38. The third-order valence-corrected chi connectivity index (χ3v) is 6.20. The molecule has 194 valence electrons. The van der Waals surface area contributed by atoms with Crippen LogP contribution in [0.4, 0.5) is 31.1 Å². The van der Waals surface area contributed by atoms with Gasteiger partial charge in [-0.05, 0) is 6.92 Å². The lowest BCUT2D eigenvalue weighted by Gasteiger charge is -2.31. The number of hydrogen-bond donors (Lipinski definition) is 1. The number of carbonyl (C=O) groups is 2. The molecule has 0 bridgehead atoms. The van der Waals surface area contributed by atoms with Gasteiger partial charge in [0.2, 0.25) is 5.88 Å². The molecule has 8 nitrogen and oxygen atoms in total. The van der Waals surface area contributed by atoms with Crippen LogP contribution in [-0.2, 0) is 15.7 Å². The van der Waals surface area contributed by atoms with Crippen molar-refractivity contribution in [2.75, 3.05) is 33.4 Å². The Bertz CT molecular complexity index is 1080. The van der Waals surface area contributed by atoms with Crippen LogP contribution in [0.2, 0.25) is 0 Å². The van der Waals surface area contributed by atoms with Gasteiger partial charge in [-0.25, -0.2) is 9.78 Å². The van der Waals surface area contributed by atoms with Crippen LogP contribution in [0.5, 0.6) is 5.88 Å². The van der Waals surface area contributed by atoms with Crippen molar-refractivity contribution >= 4 is 33.6 Å². The predicted octanol–water partition coefficient (Wildman–Crippen LogP) is 4.50. The van der Waals surface area contributed by atoms with E-state index in [1.54, 1.807) is 0 Å². The second-order valence-corrected chi connectivity index (χ2v) is 8.41. The van der Waals surface area contributed by atoms with E-state index in [-0.39, 0.29) is 53.2 Å². The number of ether oxygens (including phenoxy) is 3. The number of pyridine rings is 1. The standard InChI is InChI=1S/C20H21F6N3O5S/c1-10-13(19(21,22)23)15-14(12(9-35-15)16(30)27-2)28-17(10)34-11-3-5-29(6-4-11)18(31)32-7-8-33-20(24,25)26/h9,11H,3-8H2,1-2H3,(H,27,30). The highest BCUT2D eigenvalue weighted by molar-refractivity contribution is 7.17. The third kappa shape index (κ3) is 6.45. The van der Waals surface area contributed by atoms with Gasteiger partial charge in [-0.1, -0.05) is 0 Å². The molecular weight excluding hydrogens is 508 g/mol. The number of alkyl halides is 6. The Morgan fingerprint density at radius 3 is 2.40 bits per heavy atom. The molecule has 3 heterocycles. The molecule has 1 fully saturated rings. The molecule has 1 N–H and O–H groups in total. The smallest absolute Gasteiger partial charge is 0.474 e. The van der Waals surface area contributed by atoms with Crippen molar-refractivity contribution in [3.05, 3.63) is 22.1 Å². The Balaban J connectivity index is 1.70. The van der Waals surface area contributed by atoms with E-state index in [2.05, 4.69) is 15.0 Å². The summed E-state index contributed by atoms with van der Waals surface area (Å²) in [6, 6.07) is 0. The summed E-state index contributed by atoms with van der Waals surface area (Å²) < 4.78 is 91.3. The van der Waals surface area contributed by atoms with Crippen LogP contribution in [0.15, 0.2) is 5.38 Å². The number of halogens is 6. The summed E-state index contributed by atoms with van der Waals surface area (Å²) in [4.78, 5) is 29.6. The fourth-order valence-corrected chi connectivity index (χ4v) is 4.65. The van der Waals surface area contributed by atoms with Crippen molar-refractivity contribution < 1.29 is 50.1 Å². The van der Waals surface area contributed by atoms with Crippen molar-refractivity contribution in [1.29, 1.82) is 0 Å². The third-order valence-electron chi connectivity index (χ3n) is 5.21. The number of rotatable bonds is 6. The van der Waals surface area contributed by atoms with E-state index < -0.39 is 49.4 Å². The SMILES string of the molecule is CNC(=O)c1csc2c(C(F)(F)F)c(C)c(OC3CCN(C(=O)OCCOC(F)(F)F)CC3)nc12. The normalized spacial score (nSPS) is 15.4. The zero-order chi connectivity index (χ0) is 26.0. The van der Waals surface area contributed by atoms with Crippen LogP contribution >= 0.6 is 11.3 Å². The van der Waals surface area contributed by atoms with Gasteiger partial charge in [0.25, 0.3) is 5.91 Å². The highest BCUT2D eigenvalue weighted by atomic mass is 32.1. The number of nitrogens with one attached hydrogen (secondary N) is 1. The van der Waals surface area contributed by atoms with E-state index in [0.29, 0.717) is 0 Å². The molecule has 0 saturated carbocycles. The fraction of sp³-hybridized carbons (Fsp3) is 0.550. The predicted molar refractivity (Wildman–Crippen MR) is 111 cm³/mol. The van der Waals surface area contributed by atoms with Gasteiger partial charge in [0.1, 0.15) is 12.7 Å². The lowest BCUT2D eigenvalue weighted by molar-refractivity contribution is -0.326. The lowest BCUT2D eigenvalue weighted by atomic mass is 10.1. The summed E-state index contributed by atoms with van der Waals surface area (Å²) in [6.45, 7) is 0.0220. The molecule has 0 atom stereocenters. The van der Waals surface area contributed by atoms with Gasteiger partial charge in [0.15, 0.2) is 0 Å². The minimum atomic E-state index is -4.83. The van der Waals surface area contributed by atoms with Crippen LogP contribution in [0, 0.1) is 6.92 Å². The number of fused-ring (bicyclic) bond motifs is 1. The quantitative estimate of drug-likeness (QED) is 0.438. The number of piperidine rings is 1. The summed E-state index contributed by atoms with van der Waals surface area (Å²) in [5.41, 5.74) is -1.28. The molecule has 1 aliphatic heterocycles. The Labute approximate surface area is 199 Å². The number of aromatic nitrogens is 1. The van der Waals surface area contributed by atoms with Crippen molar-refractivity contribution in [3.8, 4) is 5.88 Å². The first kappa shape index (κ1) is 26.8. The van der Waals surface area contributed by atoms with Gasteiger partial charge < -0.3 is 19.7 Å². The molecule has 15 heteroatoms. The number of amides is 2. The van der Waals surface area contributed by atoms with E-state index in [9.17, 15) is 35.9 Å². The summed E-state index contributed by atoms with van der Waals surface area (Å²) in [7, 11) is 1.35. The minimum Gasteiger partial charge on any atom is -0.474 e. The maximum absolute atomic E-state index is 13.9. The van der Waals surface area contributed by atoms with Crippen molar-refractivity contribution in [1.82, 2.24) is 15.2 Å². The summed E-state index contributed by atoms with van der Waals surface area (Å²) >= 11 is 0.765. The molecule has 35 heavy (non-hydrogen) atoms. The maximum atomic E-state index is 13.9. The van der Waals surface area contributed by atoms with E-state index in [0.717, 1.165) is 11.3 Å². The molecule has 0 unspecified atom stereocenters. The Morgan fingerprint density at radius 2 is 1.83 bits per heavy atom. The number of nitrogens with zero attached hydrogens (tertiary/aromatic N) is 2. The first-order valence-corrected chi connectivity index (χ1v) is 11.2. The molecule has 3 rings (SSSR count). The van der Waals surface area contributed by atoms with Crippen molar-refractivity contribution in [2.24, 2.45) is 0 Å². The van der Waals surface area contributed by atoms with Gasteiger partial charge >= 0.3 is 18.6 Å². The zero-order valence-electron chi connectivity index (χ0n) is 18.5. The van der Waals surface area contributed by atoms with Crippen LogP contribution in [-0.4, -0.2) is 67.7 Å². The molecule has 1 aliphatic rings. The molecule has 0 aliphatic carbocycles. The topological polar surface area (TPSA) is 90.0 Å². The summed E-state index contributed by atoms with van der Waals surface area (Å²) in [5, 5.41) is 3.67. The average Bonchev–Trinajstić information content (AvgIpc) is 3.18. The molecule has 0 spiro atoms. The van der Waals surface area contributed by atoms with Crippen LogP contribution in [0.25, 0.3) is 10.2 Å². The molecule has 2 aromatic heterocycles. The second kappa shape index (κ2) is 10.4. The van der Waals surface area contributed by atoms with Gasteiger partial charge in [0.05, 0.1) is 28.0 Å². The van der Waals surface area contributed by atoms with E-state index >= 15 is 0 Å². The van der Waals surface area contributed by atoms with Gasteiger partial charge in [0, 0.05) is 43.9 Å². The molecular formula is C20H21F6N3O5S. The van der Waals surface area contributed by atoms with Gasteiger partial charge in [-0.2, -0.15) is 13.2 Å². The Hall–Kier alpha value is -2.81. The highest BCUT2D eigenvalue weighted by Crippen LogP contribution is 2.43. The Kier molecular flexibility index (Phi) is 7.99. The minimum absolute atomic E-state index is 0.00471. The molecule has 2 amide bonds. The lowest BCUT2D eigenvalue weighted by Crippen LogP contribution is -2.42. The van der Waals surface area contributed by atoms with Gasteiger partial charge in [-0.3, -0.25) is 9.53 Å². The first-order chi connectivity index (χ1) is 16.3. The van der Waals surface area contributed by atoms with E-state index in [4.69, 9.17) is 9.47 Å². The van der Waals surface area contributed by atoms with Gasteiger partial charge in [-0.15, -0.1) is 24.5 Å². The summed E-state index contributed by atoms with van der Waals surface area (Å²) in [5.74, 6) is -0.849. The maximum Gasteiger partial charge on any atom is 0.522 e. The monoisotopic (exact) mass is 529 g/mol. The zero-order valence-corrected chi connectivity index (χ0v) is 19.3. The Morgan fingerprint density at radius 1 is 1.17 bits per heavy atom. The van der Waals surface area contributed by atoms with E-state index in [1.165, 1.54) is 24.3 Å². The van der Waals surface area contributed by atoms with Crippen molar-refractivity contribution in [3.63, 3.8) is 0 Å². The first-order valence-electron chi connectivity index (χ1n) is 10.3. The van der Waals surface area contributed by atoms with E-state index in [1.807, 2.05) is 0 Å². The molecule has 0 radical (unpaired) electrons. The second-order valence-electron chi connectivity index (χ2n) is 7.53. The van der Waals surface area contributed by atoms with Crippen LogP contribution in [0.1, 0.15) is 34.3 Å². The largest absolute Gasteiger partial charge is 0.522 e. The number of carbonyl (C=O) groups excluding carboxylic acids is 2. The van der Waals surface area contributed by atoms with Crippen LogP contribution < -0.4 is 10.1 Å². The number of thiophene rings is 1. The number of hydrogen-bond acceptors (Lipinski definition) is 7. The van der Waals surface area contributed by atoms with Crippen LogP contribution in [0.3, 0.4) is 0 Å². The summed E-state index contributed by atoms with van der Waals surface area (Å²) in [6.07, 6.45) is -10.5.